The second-order valence-electron chi connectivity index (χ2n) is 12.7. The summed E-state index contributed by atoms with van der Waals surface area (Å²) in [7, 11) is 0. The van der Waals surface area contributed by atoms with Crippen molar-refractivity contribution >= 4 is 49.9 Å². The van der Waals surface area contributed by atoms with Crippen molar-refractivity contribution in [2.24, 2.45) is 0 Å². The number of anilines is 3. The third-order valence-electron chi connectivity index (χ3n) is 9.46. The molecule has 0 bridgehead atoms. The lowest BCUT2D eigenvalue weighted by molar-refractivity contribution is 1.09. The number of rotatable bonds is 6. The van der Waals surface area contributed by atoms with Gasteiger partial charge in [0.1, 0.15) is 5.82 Å². The molecule has 2 heterocycles. The average molecular weight is 631 g/mol. The van der Waals surface area contributed by atoms with E-state index >= 15 is 0 Å². The molecule has 9 aromatic rings. The van der Waals surface area contributed by atoms with Crippen LogP contribution in [0.25, 0.3) is 55.6 Å². The first kappa shape index (κ1) is 28.8. The van der Waals surface area contributed by atoms with Gasteiger partial charge in [0.25, 0.3) is 0 Å². The van der Waals surface area contributed by atoms with Crippen molar-refractivity contribution in [3.63, 3.8) is 0 Å². The summed E-state index contributed by atoms with van der Waals surface area (Å²) in [5.41, 5.74) is 13.6. The van der Waals surface area contributed by atoms with Crippen LogP contribution in [-0.4, -0.2) is 14.1 Å². The van der Waals surface area contributed by atoms with Crippen LogP contribution in [0.1, 0.15) is 11.1 Å². The lowest BCUT2D eigenvalue weighted by Gasteiger charge is -2.26. The summed E-state index contributed by atoms with van der Waals surface area (Å²) in [6.07, 6.45) is 0. The Hall–Kier alpha value is -6.39. The molecule has 0 unspecified atom stereocenters. The predicted octanol–water partition coefficient (Wildman–Crippen LogP) is 11.9. The van der Waals surface area contributed by atoms with Gasteiger partial charge in [-0.15, -0.1) is 0 Å². The summed E-state index contributed by atoms with van der Waals surface area (Å²) in [5, 5.41) is 2.43. The monoisotopic (exact) mass is 630 g/mol. The lowest BCUT2D eigenvalue weighted by Crippen LogP contribution is -2.10. The lowest BCUT2D eigenvalue weighted by atomic mass is 10.1. The Morgan fingerprint density at radius 2 is 1.00 bits per heavy atom. The maximum Gasteiger partial charge on any atom is 0.145 e. The van der Waals surface area contributed by atoms with Crippen molar-refractivity contribution in [1.82, 2.24) is 14.1 Å². The fourth-order valence-corrected chi connectivity index (χ4v) is 7.10. The molecule has 0 aliphatic heterocycles. The molecule has 0 atom stereocenters. The average Bonchev–Trinajstić information content (AvgIpc) is 3.71. The Labute approximate surface area is 285 Å². The standard InChI is InChI=1S/C45H34N4/c1-31-19-23-34(24-20-31)47(35-25-21-32(2)22-26-35)42-17-10-18-43-44(42)38-13-6-8-15-40(38)48(43)36-27-29-37(30-28-36)49-41-16-9-7-14-39(41)46-45(49)33-11-4-3-5-12-33/h3-30H,1-2H3. The van der Waals surface area contributed by atoms with Crippen molar-refractivity contribution in [3.8, 4) is 22.8 Å². The van der Waals surface area contributed by atoms with Crippen LogP contribution in [0.2, 0.25) is 0 Å². The van der Waals surface area contributed by atoms with Gasteiger partial charge < -0.3 is 9.47 Å². The van der Waals surface area contributed by atoms with Gasteiger partial charge in [-0.05, 0) is 92.7 Å². The maximum absolute atomic E-state index is 5.05. The highest BCUT2D eigenvalue weighted by atomic mass is 15.1. The van der Waals surface area contributed by atoms with Gasteiger partial charge in [0.05, 0.1) is 27.8 Å². The Morgan fingerprint density at radius 1 is 0.449 bits per heavy atom. The van der Waals surface area contributed by atoms with Crippen LogP contribution >= 0.6 is 0 Å². The fourth-order valence-electron chi connectivity index (χ4n) is 7.10. The molecular formula is C45H34N4. The quantitative estimate of drug-likeness (QED) is 0.183. The Balaban J connectivity index is 1.23. The van der Waals surface area contributed by atoms with Crippen LogP contribution in [-0.2, 0) is 0 Å². The predicted molar refractivity (Wildman–Crippen MR) is 205 cm³/mol. The third kappa shape index (κ3) is 4.88. The van der Waals surface area contributed by atoms with Crippen molar-refractivity contribution in [2.45, 2.75) is 13.8 Å². The topological polar surface area (TPSA) is 26.0 Å². The number of fused-ring (bicyclic) bond motifs is 4. The van der Waals surface area contributed by atoms with Gasteiger partial charge in [0, 0.05) is 39.1 Å². The smallest absolute Gasteiger partial charge is 0.145 e. The first-order valence-corrected chi connectivity index (χ1v) is 16.7. The minimum Gasteiger partial charge on any atom is -0.310 e. The van der Waals surface area contributed by atoms with Crippen LogP contribution in [0.15, 0.2) is 170 Å². The van der Waals surface area contributed by atoms with E-state index in [1.54, 1.807) is 0 Å². The summed E-state index contributed by atoms with van der Waals surface area (Å²) >= 11 is 0. The highest BCUT2D eigenvalue weighted by molar-refractivity contribution is 6.16. The molecule has 0 radical (unpaired) electrons. The van der Waals surface area contributed by atoms with Gasteiger partial charge in [0.15, 0.2) is 0 Å². The van der Waals surface area contributed by atoms with Gasteiger partial charge in [-0.2, -0.15) is 0 Å². The number of imidazole rings is 1. The van der Waals surface area contributed by atoms with E-state index in [9.17, 15) is 0 Å². The van der Waals surface area contributed by atoms with Crippen LogP contribution in [0.3, 0.4) is 0 Å². The van der Waals surface area contributed by atoms with Crippen LogP contribution < -0.4 is 4.90 Å². The van der Waals surface area contributed by atoms with E-state index in [4.69, 9.17) is 4.98 Å². The number of hydrogen-bond acceptors (Lipinski definition) is 2. The molecule has 9 rings (SSSR count). The van der Waals surface area contributed by atoms with Crippen LogP contribution in [0.5, 0.6) is 0 Å². The Kier molecular flexibility index (Phi) is 6.87. The van der Waals surface area contributed by atoms with Crippen LogP contribution in [0.4, 0.5) is 17.1 Å². The number of aromatic nitrogens is 3. The molecule has 0 N–H and O–H groups in total. The fraction of sp³-hybridized carbons (Fsp3) is 0.0444. The van der Waals surface area contributed by atoms with Crippen molar-refractivity contribution < 1.29 is 0 Å². The van der Waals surface area contributed by atoms with E-state index < -0.39 is 0 Å². The van der Waals surface area contributed by atoms with E-state index in [1.165, 1.54) is 27.4 Å². The normalized spacial score (nSPS) is 11.5. The molecule has 0 aliphatic rings. The molecule has 0 aliphatic carbocycles. The number of benzene rings is 7. The number of nitrogens with zero attached hydrogens (tertiary/aromatic N) is 4. The summed E-state index contributed by atoms with van der Waals surface area (Å²) in [4.78, 5) is 7.44. The summed E-state index contributed by atoms with van der Waals surface area (Å²) in [6.45, 7) is 4.27. The third-order valence-corrected chi connectivity index (χ3v) is 9.46. The SMILES string of the molecule is Cc1ccc(N(c2ccc(C)cc2)c2cccc3c2c2ccccc2n3-c2ccc(-n3c(-c4ccccc4)nc4ccccc43)cc2)cc1. The van der Waals surface area contributed by atoms with Gasteiger partial charge in [-0.25, -0.2) is 4.98 Å². The van der Waals surface area contributed by atoms with Crippen LogP contribution in [0, 0.1) is 13.8 Å². The molecule has 4 heteroatoms. The largest absolute Gasteiger partial charge is 0.310 e. The molecule has 4 nitrogen and oxygen atoms in total. The minimum absolute atomic E-state index is 0.934. The number of aryl methyl sites for hydroxylation is 2. The highest BCUT2D eigenvalue weighted by Gasteiger charge is 2.21. The molecule has 234 valence electrons. The summed E-state index contributed by atoms with van der Waals surface area (Å²) in [5.74, 6) is 0.934. The highest BCUT2D eigenvalue weighted by Crippen LogP contribution is 2.44. The van der Waals surface area contributed by atoms with E-state index in [-0.39, 0.29) is 0 Å². The Morgan fingerprint density at radius 3 is 1.67 bits per heavy atom. The molecule has 7 aromatic carbocycles. The zero-order valence-electron chi connectivity index (χ0n) is 27.5. The molecule has 2 aromatic heterocycles. The molecular weight excluding hydrogens is 597 g/mol. The summed E-state index contributed by atoms with van der Waals surface area (Å²) in [6, 6.07) is 60.7. The van der Waals surface area contributed by atoms with Gasteiger partial charge in [-0.1, -0.05) is 102 Å². The van der Waals surface area contributed by atoms with E-state index in [0.29, 0.717) is 0 Å². The van der Waals surface area contributed by atoms with Crippen molar-refractivity contribution in [1.29, 1.82) is 0 Å². The van der Waals surface area contributed by atoms with Gasteiger partial charge in [0.2, 0.25) is 0 Å². The molecule has 0 saturated heterocycles. The second-order valence-corrected chi connectivity index (χ2v) is 12.7. The molecule has 0 fully saturated rings. The van der Waals surface area contributed by atoms with E-state index in [0.717, 1.165) is 56.4 Å². The van der Waals surface area contributed by atoms with E-state index in [2.05, 4.69) is 186 Å². The van der Waals surface area contributed by atoms with Crippen molar-refractivity contribution in [3.05, 3.63) is 181 Å². The maximum atomic E-state index is 5.05. The van der Waals surface area contributed by atoms with Crippen molar-refractivity contribution in [2.75, 3.05) is 4.90 Å². The molecule has 0 spiro atoms. The number of para-hydroxylation sites is 3. The summed E-state index contributed by atoms with van der Waals surface area (Å²) < 4.78 is 4.66. The van der Waals surface area contributed by atoms with Gasteiger partial charge >= 0.3 is 0 Å². The zero-order chi connectivity index (χ0) is 32.9. The zero-order valence-corrected chi connectivity index (χ0v) is 27.5. The molecule has 0 saturated carbocycles. The molecule has 49 heavy (non-hydrogen) atoms. The first-order valence-electron chi connectivity index (χ1n) is 16.7. The molecule has 0 amide bonds. The Bertz CT molecular complexity index is 2550. The second kappa shape index (κ2) is 11.7. The van der Waals surface area contributed by atoms with Gasteiger partial charge in [-0.3, -0.25) is 4.57 Å². The van der Waals surface area contributed by atoms with E-state index in [1.807, 2.05) is 12.1 Å². The number of hydrogen-bond donors (Lipinski definition) is 0. The first-order chi connectivity index (χ1) is 24.1. The minimum atomic E-state index is 0.934.